The van der Waals surface area contributed by atoms with E-state index in [-0.39, 0.29) is 18.4 Å². The number of hydrogen-bond donors (Lipinski definition) is 1. The number of ether oxygens (including phenoxy) is 1. The molecule has 3 aromatic carbocycles. The van der Waals surface area contributed by atoms with Gasteiger partial charge >= 0.3 is 0 Å². The first-order valence-electron chi connectivity index (χ1n) is 11.8. The van der Waals surface area contributed by atoms with Crippen LogP contribution in [0.4, 0.5) is 0 Å². The molecule has 1 aliphatic heterocycles. The van der Waals surface area contributed by atoms with E-state index in [2.05, 4.69) is 77.7 Å². The maximum atomic E-state index is 11.2. The van der Waals surface area contributed by atoms with Gasteiger partial charge in [-0.05, 0) is 56.2 Å². The van der Waals surface area contributed by atoms with Gasteiger partial charge in [0.2, 0.25) is 0 Å². The third-order valence-corrected chi connectivity index (χ3v) is 6.47. The average Bonchev–Trinajstić information content (AvgIpc) is 2.82. The molecular weight excluding hydrogens is 394 g/mol. The van der Waals surface area contributed by atoms with Crippen molar-refractivity contribution in [3.63, 3.8) is 0 Å². The van der Waals surface area contributed by atoms with Gasteiger partial charge in [-0.3, -0.25) is 4.90 Å². The average molecular weight is 430 g/mol. The maximum absolute atomic E-state index is 11.2. The molecule has 2 atom stereocenters. The quantitative estimate of drug-likeness (QED) is 0.478. The van der Waals surface area contributed by atoms with Crippen molar-refractivity contribution in [3.8, 4) is 0 Å². The number of rotatable bonds is 8. The van der Waals surface area contributed by atoms with Crippen LogP contribution in [-0.4, -0.2) is 34.4 Å². The van der Waals surface area contributed by atoms with Crippen molar-refractivity contribution < 1.29 is 9.84 Å². The second kappa shape index (κ2) is 10.4. The van der Waals surface area contributed by atoms with Crippen LogP contribution in [-0.2, 0) is 11.2 Å². The lowest BCUT2D eigenvalue weighted by molar-refractivity contribution is -0.152. The number of nitrogens with zero attached hydrogens (tertiary/aromatic N) is 1. The molecule has 1 heterocycles. The lowest BCUT2D eigenvalue weighted by Gasteiger charge is -2.46. The Kier molecular flexibility index (Phi) is 7.41. The summed E-state index contributed by atoms with van der Waals surface area (Å²) in [5.41, 5.74) is 2.72. The van der Waals surface area contributed by atoms with Gasteiger partial charge in [0.25, 0.3) is 0 Å². The van der Waals surface area contributed by atoms with E-state index in [1.807, 2.05) is 32.0 Å². The molecule has 32 heavy (non-hydrogen) atoms. The molecule has 0 spiro atoms. The normalized spacial score (nSPS) is 18.6. The Balaban J connectivity index is 1.63. The van der Waals surface area contributed by atoms with Gasteiger partial charge in [0.15, 0.2) is 0 Å². The lowest BCUT2D eigenvalue weighted by Crippen LogP contribution is -2.57. The fourth-order valence-electron chi connectivity index (χ4n) is 4.80. The molecule has 3 nitrogen and oxygen atoms in total. The molecule has 3 aromatic rings. The summed E-state index contributed by atoms with van der Waals surface area (Å²) in [6.07, 6.45) is 3.85. The van der Waals surface area contributed by atoms with Gasteiger partial charge in [-0.25, -0.2) is 0 Å². The summed E-state index contributed by atoms with van der Waals surface area (Å²) in [6, 6.07) is 31.4. The Hall–Kier alpha value is -2.46. The first kappa shape index (κ1) is 22.7. The summed E-state index contributed by atoms with van der Waals surface area (Å²) < 4.78 is 6.90. The monoisotopic (exact) mass is 429 g/mol. The SMILES string of the molecule is CC(C)(O)C(Cc1ccccc1)N1CCCCC1OC(c1ccccc1)c1ccccc1. The van der Waals surface area contributed by atoms with Gasteiger partial charge in [-0.1, -0.05) is 91.0 Å². The Morgan fingerprint density at radius 1 is 0.844 bits per heavy atom. The first-order valence-corrected chi connectivity index (χ1v) is 11.8. The Morgan fingerprint density at radius 3 is 1.91 bits per heavy atom. The highest BCUT2D eigenvalue weighted by molar-refractivity contribution is 5.30. The highest BCUT2D eigenvalue weighted by Crippen LogP contribution is 2.34. The molecule has 1 N–H and O–H groups in total. The van der Waals surface area contributed by atoms with Crippen molar-refractivity contribution in [1.29, 1.82) is 0 Å². The second-order valence-corrected chi connectivity index (χ2v) is 9.38. The van der Waals surface area contributed by atoms with Crippen LogP contribution >= 0.6 is 0 Å². The summed E-state index contributed by atoms with van der Waals surface area (Å²) >= 11 is 0. The second-order valence-electron chi connectivity index (χ2n) is 9.38. The number of aliphatic hydroxyl groups is 1. The van der Waals surface area contributed by atoms with Crippen LogP contribution in [0.15, 0.2) is 91.0 Å². The van der Waals surface area contributed by atoms with Crippen molar-refractivity contribution in [2.24, 2.45) is 0 Å². The Bertz CT molecular complexity index is 898. The largest absolute Gasteiger partial charge is 0.389 e. The molecular formula is C29H35NO2. The molecule has 2 unspecified atom stereocenters. The molecule has 0 aliphatic carbocycles. The minimum absolute atomic E-state index is 0.0256. The molecule has 3 heteroatoms. The third-order valence-electron chi connectivity index (χ3n) is 6.47. The van der Waals surface area contributed by atoms with E-state index in [9.17, 15) is 5.11 Å². The summed E-state index contributed by atoms with van der Waals surface area (Å²) in [5.74, 6) is 0. The van der Waals surface area contributed by atoms with Gasteiger partial charge in [0.05, 0.1) is 5.60 Å². The molecule has 1 fully saturated rings. The minimum Gasteiger partial charge on any atom is -0.389 e. The molecule has 0 amide bonds. The molecule has 1 saturated heterocycles. The van der Waals surface area contributed by atoms with Gasteiger partial charge in [0, 0.05) is 12.6 Å². The Morgan fingerprint density at radius 2 is 1.38 bits per heavy atom. The fraction of sp³-hybridized carbons (Fsp3) is 0.379. The van der Waals surface area contributed by atoms with E-state index >= 15 is 0 Å². The zero-order valence-electron chi connectivity index (χ0n) is 19.2. The van der Waals surface area contributed by atoms with Gasteiger partial charge in [-0.15, -0.1) is 0 Å². The van der Waals surface area contributed by atoms with Crippen molar-refractivity contribution in [3.05, 3.63) is 108 Å². The number of piperidine rings is 1. The standard InChI is InChI=1S/C29H35NO2/c1-29(2,31)26(22-23-14-6-3-7-15-23)30-21-13-12-20-27(30)32-28(24-16-8-4-9-17-24)25-18-10-5-11-19-25/h3-11,14-19,26-28,31H,12-13,20-22H2,1-2H3. The lowest BCUT2D eigenvalue weighted by atomic mass is 9.89. The zero-order valence-corrected chi connectivity index (χ0v) is 19.2. The molecule has 0 bridgehead atoms. The fourth-order valence-corrected chi connectivity index (χ4v) is 4.80. The van der Waals surface area contributed by atoms with E-state index in [0.29, 0.717) is 0 Å². The molecule has 0 radical (unpaired) electrons. The van der Waals surface area contributed by atoms with Crippen LogP contribution in [0.3, 0.4) is 0 Å². The summed E-state index contributed by atoms with van der Waals surface area (Å²) in [6.45, 7) is 4.79. The topological polar surface area (TPSA) is 32.7 Å². The van der Waals surface area contributed by atoms with Crippen molar-refractivity contribution in [1.82, 2.24) is 4.90 Å². The number of benzene rings is 3. The summed E-state index contributed by atoms with van der Waals surface area (Å²) in [5, 5.41) is 11.2. The molecule has 168 valence electrons. The summed E-state index contributed by atoms with van der Waals surface area (Å²) in [4.78, 5) is 2.41. The molecule has 4 rings (SSSR count). The van der Waals surface area contributed by atoms with E-state index in [1.54, 1.807) is 0 Å². The van der Waals surface area contributed by atoms with Crippen LogP contribution in [0.2, 0.25) is 0 Å². The number of likely N-dealkylation sites (tertiary alicyclic amines) is 1. The van der Waals surface area contributed by atoms with Crippen LogP contribution in [0.1, 0.15) is 55.9 Å². The van der Waals surface area contributed by atoms with Crippen molar-refractivity contribution in [2.45, 2.75) is 63.5 Å². The van der Waals surface area contributed by atoms with Crippen molar-refractivity contribution in [2.75, 3.05) is 6.54 Å². The van der Waals surface area contributed by atoms with Crippen molar-refractivity contribution >= 4 is 0 Å². The van der Waals surface area contributed by atoms with E-state index in [1.165, 1.54) is 5.56 Å². The summed E-state index contributed by atoms with van der Waals surface area (Å²) in [7, 11) is 0. The maximum Gasteiger partial charge on any atom is 0.112 e. The minimum atomic E-state index is -0.843. The van der Waals surface area contributed by atoms with Crippen LogP contribution in [0, 0.1) is 0 Å². The van der Waals surface area contributed by atoms with Gasteiger partial charge in [0.1, 0.15) is 12.3 Å². The van der Waals surface area contributed by atoms with Crippen LogP contribution in [0.25, 0.3) is 0 Å². The third kappa shape index (κ3) is 5.66. The van der Waals surface area contributed by atoms with E-state index in [4.69, 9.17) is 4.74 Å². The first-order chi connectivity index (χ1) is 15.5. The van der Waals surface area contributed by atoms with Crippen LogP contribution < -0.4 is 0 Å². The molecule has 1 aliphatic rings. The Labute approximate surface area is 192 Å². The smallest absolute Gasteiger partial charge is 0.112 e. The van der Waals surface area contributed by atoms with E-state index < -0.39 is 5.60 Å². The highest BCUT2D eigenvalue weighted by Gasteiger charge is 2.39. The van der Waals surface area contributed by atoms with Crippen LogP contribution in [0.5, 0.6) is 0 Å². The predicted molar refractivity (Wildman–Crippen MR) is 130 cm³/mol. The zero-order chi connectivity index (χ0) is 22.4. The predicted octanol–water partition coefficient (Wildman–Crippen LogP) is 5.99. The highest BCUT2D eigenvalue weighted by atomic mass is 16.5. The van der Waals surface area contributed by atoms with Gasteiger partial charge < -0.3 is 9.84 Å². The van der Waals surface area contributed by atoms with Gasteiger partial charge in [-0.2, -0.15) is 0 Å². The number of hydrogen-bond acceptors (Lipinski definition) is 3. The molecule has 0 aromatic heterocycles. The van der Waals surface area contributed by atoms with E-state index in [0.717, 1.165) is 43.4 Å². The molecule has 0 saturated carbocycles.